The third kappa shape index (κ3) is 8.69. The Bertz CT molecular complexity index is 1140. The number of nitrogens with zero attached hydrogens (tertiary/aromatic N) is 1. The lowest BCUT2D eigenvalue weighted by Gasteiger charge is -2.38. The van der Waals surface area contributed by atoms with Crippen molar-refractivity contribution in [3.05, 3.63) is 41.3 Å². The maximum absolute atomic E-state index is 14.2. The van der Waals surface area contributed by atoms with Crippen molar-refractivity contribution in [3.8, 4) is 10.4 Å². The number of halogens is 1. The summed E-state index contributed by atoms with van der Waals surface area (Å²) in [6.45, 7) is 7.29. The molecule has 2 fully saturated rings. The fourth-order valence-electron chi connectivity index (χ4n) is 5.48. The minimum atomic E-state index is -0.879. The lowest BCUT2D eigenvalue weighted by atomic mass is 9.82. The molecule has 1 aromatic heterocycles. The van der Waals surface area contributed by atoms with Crippen LogP contribution in [-0.2, 0) is 19.0 Å². The van der Waals surface area contributed by atoms with Crippen LogP contribution in [0.3, 0.4) is 0 Å². The summed E-state index contributed by atoms with van der Waals surface area (Å²) in [6.07, 6.45) is 5.05. The zero-order chi connectivity index (χ0) is 28.6. The molecule has 10 heteroatoms. The highest BCUT2D eigenvalue weighted by atomic mass is 35.5. The number of anilines is 1. The Kier molecular flexibility index (Phi) is 12.5. The molecule has 8 nitrogen and oxygen atoms in total. The number of hydrogen-bond acceptors (Lipinski definition) is 7. The fraction of sp³-hybridized carbons (Fsp3) is 0.581. The van der Waals surface area contributed by atoms with Gasteiger partial charge in [0.2, 0.25) is 12.7 Å². The van der Waals surface area contributed by atoms with E-state index in [1.807, 2.05) is 48.2 Å². The molecule has 1 saturated carbocycles. The van der Waals surface area contributed by atoms with Crippen LogP contribution in [-0.4, -0.2) is 57.1 Å². The van der Waals surface area contributed by atoms with Crippen LogP contribution < -0.4 is 22.2 Å². The van der Waals surface area contributed by atoms with Gasteiger partial charge < -0.3 is 36.4 Å². The van der Waals surface area contributed by atoms with Crippen molar-refractivity contribution < 1.29 is 45.9 Å². The lowest BCUT2D eigenvalue weighted by Crippen LogP contribution is -3.10. The van der Waals surface area contributed by atoms with Crippen LogP contribution in [0.5, 0.6) is 0 Å². The van der Waals surface area contributed by atoms with Crippen molar-refractivity contribution >= 4 is 35.1 Å². The molecule has 2 aromatic rings. The molecule has 0 unspecified atom stereocenters. The number of hydrogen-bond donors (Lipinski definition) is 1. The Morgan fingerprint density at radius 1 is 1.02 bits per heavy atom. The number of benzene rings is 1. The number of amides is 1. The van der Waals surface area contributed by atoms with E-state index in [9.17, 15) is 14.4 Å². The molecular formula is C31H43ClN2O6S. The number of nitrogens with one attached hydrogen (secondary N) is 1. The van der Waals surface area contributed by atoms with Crippen molar-refractivity contribution in [2.24, 2.45) is 11.8 Å². The number of carbonyl (C=O) groups is 3. The Morgan fingerprint density at radius 2 is 1.68 bits per heavy atom. The van der Waals surface area contributed by atoms with Crippen molar-refractivity contribution in [1.82, 2.24) is 0 Å². The van der Waals surface area contributed by atoms with Gasteiger partial charge in [-0.1, -0.05) is 44.2 Å². The van der Waals surface area contributed by atoms with E-state index in [4.69, 9.17) is 14.2 Å². The standard InChI is InChI=1S/C31H42N2O6S.ClH/c1-5-22(3)39-31(36)38-20-37-30(35)28-26(19-27(40-28)23-9-7-6-8-10-23)33(25-15-17-32(4)18-16-25)29(34)24-13-11-21(2)12-14-24;/h6-10,19,21-22,24-25H,5,11-18,20H2,1-4H3;1H/t21?,22-,24?;/m1./s1. The topological polar surface area (TPSA) is 86.6 Å². The van der Waals surface area contributed by atoms with Gasteiger partial charge in [-0.25, -0.2) is 9.59 Å². The molecule has 0 bridgehead atoms. The molecule has 0 spiro atoms. The summed E-state index contributed by atoms with van der Waals surface area (Å²) in [4.78, 5) is 44.2. The number of quaternary nitrogens is 1. The van der Waals surface area contributed by atoms with Gasteiger partial charge in [0.15, 0.2) is 0 Å². The third-order valence-electron chi connectivity index (χ3n) is 8.23. The number of rotatable bonds is 9. The average molecular weight is 607 g/mol. The Labute approximate surface area is 253 Å². The summed E-state index contributed by atoms with van der Waals surface area (Å²) in [6, 6.07) is 11.8. The molecule has 4 rings (SSSR count). The second-order valence-electron chi connectivity index (χ2n) is 11.3. The lowest BCUT2D eigenvalue weighted by molar-refractivity contribution is -0.884. The van der Waals surface area contributed by atoms with Gasteiger partial charge >= 0.3 is 12.1 Å². The van der Waals surface area contributed by atoms with E-state index in [-0.39, 0.29) is 36.4 Å². The molecule has 1 N–H and O–H groups in total. The van der Waals surface area contributed by atoms with Crippen LogP contribution in [0.25, 0.3) is 10.4 Å². The van der Waals surface area contributed by atoms with Crippen LogP contribution in [0.4, 0.5) is 10.5 Å². The van der Waals surface area contributed by atoms with E-state index in [0.29, 0.717) is 22.9 Å². The van der Waals surface area contributed by atoms with Crippen molar-refractivity contribution in [3.63, 3.8) is 0 Å². The van der Waals surface area contributed by atoms with Gasteiger partial charge in [0, 0.05) is 29.7 Å². The molecule has 2 heterocycles. The number of esters is 1. The molecular weight excluding hydrogens is 564 g/mol. The summed E-state index contributed by atoms with van der Waals surface area (Å²) >= 11 is 1.31. The van der Waals surface area contributed by atoms with E-state index >= 15 is 0 Å². The summed E-state index contributed by atoms with van der Waals surface area (Å²) in [7, 11) is 2.18. The molecule has 226 valence electrons. The summed E-state index contributed by atoms with van der Waals surface area (Å²) in [5, 5.41) is 0. The maximum Gasteiger partial charge on any atom is 0.511 e. The maximum atomic E-state index is 14.2. The largest absolute Gasteiger partial charge is 1.00 e. The molecule has 1 aromatic carbocycles. The number of carbonyl (C=O) groups excluding carboxylic acids is 3. The molecule has 1 atom stereocenters. The molecule has 1 amide bonds. The van der Waals surface area contributed by atoms with Crippen LogP contribution >= 0.6 is 11.3 Å². The fourth-order valence-corrected chi connectivity index (χ4v) is 6.53. The monoisotopic (exact) mass is 606 g/mol. The van der Waals surface area contributed by atoms with Crippen LogP contribution in [0.15, 0.2) is 36.4 Å². The normalized spacial score (nSPS) is 23.0. The summed E-state index contributed by atoms with van der Waals surface area (Å²) in [5.41, 5.74) is 1.57. The number of ether oxygens (including phenoxy) is 3. The van der Waals surface area contributed by atoms with Crippen LogP contribution in [0, 0.1) is 11.8 Å². The SMILES string of the molecule is CC[C@@H](C)OC(=O)OCOC(=O)c1sc(-c2ccccc2)cc1N(C(=O)C1CCC(C)CC1)C1CC[NH+](C)CC1.[Cl-]. The van der Waals surface area contributed by atoms with Gasteiger partial charge in [-0.15, -0.1) is 11.3 Å². The second kappa shape index (κ2) is 15.6. The molecule has 41 heavy (non-hydrogen) atoms. The predicted octanol–water partition coefficient (Wildman–Crippen LogP) is 2.32. The molecule has 0 radical (unpaired) electrons. The Morgan fingerprint density at radius 3 is 2.32 bits per heavy atom. The van der Waals surface area contributed by atoms with Gasteiger partial charge in [0.05, 0.1) is 25.8 Å². The average Bonchev–Trinajstić information content (AvgIpc) is 3.40. The Balaban J connectivity index is 0.00000462. The predicted molar refractivity (Wildman–Crippen MR) is 156 cm³/mol. The van der Waals surface area contributed by atoms with E-state index in [2.05, 4.69) is 14.0 Å². The minimum absolute atomic E-state index is 0. The van der Waals surface area contributed by atoms with Crippen LogP contribution in [0.1, 0.15) is 75.4 Å². The van der Waals surface area contributed by atoms with E-state index < -0.39 is 18.9 Å². The van der Waals surface area contributed by atoms with Gasteiger partial charge in [-0.3, -0.25) is 4.79 Å². The first-order chi connectivity index (χ1) is 19.3. The second-order valence-corrected chi connectivity index (χ2v) is 12.4. The molecule has 2 aliphatic rings. The first-order valence-corrected chi connectivity index (χ1v) is 15.4. The quantitative estimate of drug-likeness (QED) is 0.348. The van der Waals surface area contributed by atoms with Crippen LogP contribution in [0.2, 0.25) is 0 Å². The van der Waals surface area contributed by atoms with Crippen molar-refractivity contribution in [1.29, 1.82) is 0 Å². The van der Waals surface area contributed by atoms with Gasteiger partial charge in [-0.2, -0.15) is 0 Å². The van der Waals surface area contributed by atoms with Crippen molar-refractivity contribution in [2.45, 2.75) is 77.9 Å². The minimum Gasteiger partial charge on any atom is -1.00 e. The first kappa shape index (κ1) is 32.9. The van der Waals surface area contributed by atoms with Gasteiger partial charge in [0.25, 0.3) is 0 Å². The summed E-state index contributed by atoms with van der Waals surface area (Å²) < 4.78 is 15.5. The zero-order valence-corrected chi connectivity index (χ0v) is 26.1. The first-order valence-electron chi connectivity index (χ1n) is 14.6. The van der Waals surface area contributed by atoms with E-state index in [1.165, 1.54) is 16.2 Å². The smallest absolute Gasteiger partial charge is 0.511 e. The number of likely N-dealkylation sites (tertiary alicyclic amines) is 1. The Hall–Kier alpha value is -2.62. The molecule has 1 saturated heterocycles. The van der Waals surface area contributed by atoms with E-state index in [0.717, 1.165) is 62.1 Å². The number of thiophene rings is 1. The summed E-state index contributed by atoms with van der Waals surface area (Å²) in [5.74, 6) is 0.0713. The molecule has 1 aliphatic heterocycles. The highest BCUT2D eigenvalue weighted by molar-refractivity contribution is 7.18. The highest BCUT2D eigenvalue weighted by Crippen LogP contribution is 2.41. The van der Waals surface area contributed by atoms with Gasteiger partial charge in [0.1, 0.15) is 11.0 Å². The zero-order valence-electron chi connectivity index (χ0n) is 24.5. The molecule has 1 aliphatic carbocycles. The third-order valence-corrected chi connectivity index (χ3v) is 9.38. The highest BCUT2D eigenvalue weighted by Gasteiger charge is 2.38. The number of piperidine rings is 1. The van der Waals surface area contributed by atoms with Crippen molar-refractivity contribution in [2.75, 3.05) is 31.8 Å². The van der Waals surface area contributed by atoms with Gasteiger partial charge in [-0.05, 0) is 56.6 Å². The van der Waals surface area contributed by atoms with E-state index in [1.54, 1.807) is 6.92 Å².